The minimum Gasteiger partial charge on any atom is -0.394 e. The molecule has 4 atom stereocenters. The number of rotatable bonds is 5. The molecule has 2 aromatic carbocycles. The van der Waals surface area contributed by atoms with Crippen LogP contribution in [0.15, 0.2) is 36.5 Å². The molecule has 5 rings (SSSR count). The molecule has 1 aliphatic rings. The smallest absolute Gasteiger partial charge is 0.161 e. The molecule has 0 amide bonds. The van der Waals surface area contributed by atoms with Crippen LogP contribution < -0.4 is 0 Å². The average Bonchev–Trinajstić information content (AvgIpc) is 3.55. The van der Waals surface area contributed by atoms with Crippen molar-refractivity contribution in [3.05, 3.63) is 74.9 Å². The molecule has 0 spiro atoms. The van der Waals surface area contributed by atoms with Crippen LogP contribution in [-0.2, 0) is 4.74 Å². The highest BCUT2D eigenvalue weighted by atomic mass is 35.5. The molecule has 15 heteroatoms. The normalized spacial score (nSPS) is 21.0. The fourth-order valence-electron chi connectivity index (χ4n) is 4.28. The molecule has 208 valence electrons. The molecule has 2 N–H and O–H groups in total. The molecule has 4 aromatic rings. The Balaban J connectivity index is 0.00000172. The molecular weight excluding hydrogens is 600 g/mol. The largest absolute Gasteiger partial charge is 0.394 e. The molecule has 39 heavy (non-hydrogen) atoms. The van der Waals surface area contributed by atoms with Gasteiger partial charge >= 0.3 is 0 Å². The van der Waals surface area contributed by atoms with Gasteiger partial charge in [-0.05, 0) is 37.3 Å². The molecular formula is C24H22Cl4F2N6O3. The van der Waals surface area contributed by atoms with Gasteiger partial charge in [-0.25, -0.2) is 23.1 Å². The summed E-state index contributed by atoms with van der Waals surface area (Å²) in [4.78, 5) is 4.51. The number of benzene rings is 2. The molecule has 1 aliphatic heterocycles. The van der Waals surface area contributed by atoms with Crippen molar-refractivity contribution in [1.29, 1.82) is 0 Å². The highest BCUT2D eigenvalue weighted by Gasteiger charge is 2.41. The first kappa shape index (κ1) is 29.6. The third-order valence-corrected chi connectivity index (χ3v) is 6.94. The van der Waals surface area contributed by atoms with Crippen molar-refractivity contribution in [3.8, 4) is 16.9 Å². The lowest BCUT2D eigenvalue weighted by atomic mass is 9.95. The lowest BCUT2D eigenvalue weighted by molar-refractivity contribution is -0.161. The maximum Gasteiger partial charge on any atom is 0.161 e. The number of aliphatic hydroxyl groups excluding tert-OH is 2. The van der Waals surface area contributed by atoms with Crippen LogP contribution in [0, 0.1) is 18.6 Å². The first-order chi connectivity index (χ1) is 18.7. The standard InChI is InChI=1S/C23H19Cl3F2N6O3.CH3Cl/c1-10-29-23(34(31-10)17-3-2-12(24)6-13(17)25)19-7-18(22(36)20(9-35)37-19)33-8-16(30-32-33)11-4-14(27)21(26)15(28)5-11;1-2/h2-6,8,18-20,22,35-36H,7,9H2,1H3;1H3. The topological polar surface area (TPSA) is 111 Å². The molecule has 0 bridgehead atoms. The second kappa shape index (κ2) is 12.4. The van der Waals surface area contributed by atoms with Gasteiger partial charge in [0.1, 0.15) is 46.5 Å². The molecule has 1 saturated heterocycles. The third kappa shape index (κ3) is 6.04. The predicted octanol–water partition coefficient (Wildman–Crippen LogP) is 5.35. The van der Waals surface area contributed by atoms with Gasteiger partial charge in [0.05, 0.1) is 29.6 Å². The van der Waals surface area contributed by atoms with Gasteiger partial charge in [-0.1, -0.05) is 40.0 Å². The number of aliphatic hydroxyl groups is 2. The number of alkyl halides is 1. The Kier molecular flexibility index (Phi) is 9.43. The van der Waals surface area contributed by atoms with Crippen molar-refractivity contribution >= 4 is 46.4 Å². The van der Waals surface area contributed by atoms with Gasteiger partial charge in [-0.3, -0.25) is 0 Å². The summed E-state index contributed by atoms with van der Waals surface area (Å²) >= 11 is 22.7. The van der Waals surface area contributed by atoms with Crippen LogP contribution in [0.2, 0.25) is 15.1 Å². The molecule has 2 aromatic heterocycles. The van der Waals surface area contributed by atoms with Crippen molar-refractivity contribution in [1.82, 2.24) is 29.8 Å². The van der Waals surface area contributed by atoms with Gasteiger partial charge in [-0.15, -0.1) is 16.7 Å². The van der Waals surface area contributed by atoms with E-state index >= 15 is 0 Å². The average molecular weight is 622 g/mol. The van der Waals surface area contributed by atoms with E-state index < -0.39 is 47.6 Å². The maximum atomic E-state index is 14.0. The van der Waals surface area contributed by atoms with Gasteiger partial charge in [0.25, 0.3) is 0 Å². The van der Waals surface area contributed by atoms with E-state index in [1.54, 1.807) is 25.1 Å². The highest BCUT2D eigenvalue weighted by molar-refractivity contribution is 6.35. The molecule has 0 radical (unpaired) electrons. The number of halogens is 6. The molecule has 0 aliphatic carbocycles. The summed E-state index contributed by atoms with van der Waals surface area (Å²) in [6, 6.07) is 6.28. The van der Waals surface area contributed by atoms with Crippen LogP contribution in [-0.4, -0.2) is 65.2 Å². The SMILES string of the molecule is CCl.Cc1nc(C2CC(n3cc(-c4cc(F)c(Cl)c(F)c4)nn3)C(O)C(CO)O2)n(-c2ccc(Cl)cc2Cl)n1. The highest BCUT2D eigenvalue weighted by Crippen LogP contribution is 2.39. The minimum atomic E-state index is -1.17. The molecule has 1 fully saturated rings. The van der Waals surface area contributed by atoms with Crippen molar-refractivity contribution < 1.29 is 23.7 Å². The van der Waals surface area contributed by atoms with Crippen LogP contribution in [0.3, 0.4) is 0 Å². The molecule has 0 saturated carbocycles. The second-order valence-corrected chi connectivity index (χ2v) is 9.72. The van der Waals surface area contributed by atoms with Crippen LogP contribution in [0.4, 0.5) is 8.78 Å². The fourth-order valence-corrected chi connectivity index (χ4v) is 4.88. The Morgan fingerprint density at radius 1 is 1.10 bits per heavy atom. The summed E-state index contributed by atoms with van der Waals surface area (Å²) in [5.41, 5.74) is 0.802. The minimum absolute atomic E-state index is 0.121. The summed E-state index contributed by atoms with van der Waals surface area (Å²) in [6.07, 6.45) is 0.169. The van der Waals surface area contributed by atoms with Crippen molar-refractivity contribution in [2.45, 2.75) is 37.7 Å². The Labute approximate surface area is 241 Å². The first-order valence-corrected chi connectivity index (χ1v) is 13.3. The van der Waals surface area contributed by atoms with E-state index in [0.29, 0.717) is 27.4 Å². The van der Waals surface area contributed by atoms with Crippen LogP contribution in [0.25, 0.3) is 16.9 Å². The first-order valence-electron chi connectivity index (χ1n) is 11.4. The number of aryl methyl sites for hydroxylation is 1. The third-order valence-electron chi connectivity index (χ3n) is 6.04. The lowest BCUT2D eigenvalue weighted by Crippen LogP contribution is -2.45. The number of hydrogen-bond acceptors (Lipinski definition) is 7. The van der Waals surface area contributed by atoms with Crippen LogP contribution in [0.5, 0.6) is 0 Å². The van der Waals surface area contributed by atoms with Gasteiger partial charge in [0.2, 0.25) is 0 Å². The zero-order valence-corrected chi connectivity index (χ0v) is 23.5. The second-order valence-electron chi connectivity index (χ2n) is 8.50. The molecule has 3 heterocycles. The van der Waals surface area contributed by atoms with E-state index in [-0.39, 0.29) is 17.7 Å². The molecule has 4 unspecified atom stereocenters. The van der Waals surface area contributed by atoms with Crippen LogP contribution in [0.1, 0.15) is 30.2 Å². The Morgan fingerprint density at radius 2 is 1.79 bits per heavy atom. The predicted molar refractivity (Wildman–Crippen MR) is 143 cm³/mol. The quantitative estimate of drug-likeness (QED) is 0.228. The monoisotopic (exact) mass is 620 g/mol. The zero-order chi connectivity index (χ0) is 28.4. The number of nitrogens with zero attached hydrogens (tertiary/aromatic N) is 6. The lowest BCUT2D eigenvalue weighted by Gasteiger charge is -2.38. The zero-order valence-electron chi connectivity index (χ0n) is 20.4. The van der Waals surface area contributed by atoms with Gasteiger partial charge in [0.15, 0.2) is 5.82 Å². The Morgan fingerprint density at radius 3 is 2.44 bits per heavy atom. The van der Waals surface area contributed by atoms with E-state index in [0.717, 1.165) is 12.1 Å². The fraction of sp³-hybridized carbons (Fsp3) is 0.333. The van der Waals surface area contributed by atoms with Crippen LogP contribution >= 0.6 is 46.4 Å². The van der Waals surface area contributed by atoms with E-state index in [2.05, 4.69) is 32.0 Å². The number of ether oxygens (including phenoxy) is 1. The summed E-state index contributed by atoms with van der Waals surface area (Å²) in [6.45, 7) is 1.22. The number of aromatic nitrogens is 6. The Bertz CT molecular complexity index is 1450. The van der Waals surface area contributed by atoms with Gasteiger partial charge in [0, 0.05) is 23.4 Å². The maximum absolute atomic E-state index is 14.0. The van der Waals surface area contributed by atoms with Gasteiger partial charge in [-0.2, -0.15) is 5.10 Å². The number of hydrogen-bond donors (Lipinski definition) is 2. The van der Waals surface area contributed by atoms with Crippen molar-refractivity contribution in [3.63, 3.8) is 0 Å². The van der Waals surface area contributed by atoms with Crippen molar-refractivity contribution in [2.75, 3.05) is 13.0 Å². The van der Waals surface area contributed by atoms with E-state index in [1.165, 1.54) is 21.9 Å². The Hall–Kier alpha value is -2.38. The van der Waals surface area contributed by atoms with Gasteiger partial charge < -0.3 is 14.9 Å². The van der Waals surface area contributed by atoms with E-state index in [4.69, 9.17) is 39.5 Å². The van der Waals surface area contributed by atoms with E-state index in [9.17, 15) is 19.0 Å². The van der Waals surface area contributed by atoms with E-state index in [1.807, 2.05) is 0 Å². The summed E-state index contributed by atoms with van der Waals surface area (Å²) in [7, 11) is 0. The van der Waals surface area contributed by atoms with Crippen molar-refractivity contribution in [2.24, 2.45) is 0 Å². The summed E-state index contributed by atoms with van der Waals surface area (Å²) < 4.78 is 36.8. The summed E-state index contributed by atoms with van der Waals surface area (Å²) in [5, 5.41) is 33.5. The summed E-state index contributed by atoms with van der Waals surface area (Å²) in [5.74, 6) is -1.04. The molecule has 9 nitrogen and oxygen atoms in total.